The van der Waals surface area contributed by atoms with Crippen LogP contribution in [-0.2, 0) is 27.6 Å². The Morgan fingerprint density at radius 1 is 1.29 bits per heavy atom. The van der Waals surface area contributed by atoms with Gasteiger partial charge in [0.25, 0.3) is 0 Å². The van der Waals surface area contributed by atoms with E-state index in [2.05, 4.69) is 31.3 Å². The van der Waals surface area contributed by atoms with Gasteiger partial charge in [0, 0.05) is 29.6 Å². The average molecular weight is 557 g/mol. The number of carboxylic acids is 1. The summed E-state index contributed by atoms with van der Waals surface area (Å²) < 4.78 is 59.6. The van der Waals surface area contributed by atoms with Crippen LogP contribution in [-0.4, -0.2) is 40.1 Å². The van der Waals surface area contributed by atoms with Gasteiger partial charge in [-0.2, -0.15) is 5.10 Å². The molecule has 2 heterocycles. The molecule has 2 aromatic heterocycles. The number of sulfone groups is 1. The third-order valence-electron chi connectivity index (χ3n) is 5.31. The Bertz CT molecular complexity index is 1350. The fraction of sp³-hybridized carbons (Fsp3) is 0.286. The molecule has 4 rings (SSSR count). The van der Waals surface area contributed by atoms with Crippen LogP contribution in [0, 0.1) is 11.6 Å². The molecule has 1 aromatic carbocycles. The van der Waals surface area contributed by atoms with E-state index in [1.807, 2.05) is 0 Å². The Morgan fingerprint density at radius 3 is 2.79 bits per heavy atom. The monoisotopic (exact) mass is 556 g/mol. The summed E-state index contributed by atoms with van der Waals surface area (Å²) in [7, 11) is -3.80. The molecule has 0 fully saturated rings. The molecule has 0 unspecified atom stereocenters. The Balaban J connectivity index is 1.47. The molecule has 180 valence electrons. The van der Waals surface area contributed by atoms with E-state index in [0.717, 1.165) is 36.0 Å². The first-order valence-corrected chi connectivity index (χ1v) is 12.6. The van der Waals surface area contributed by atoms with Crippen molar-refractivity contribution >= 4 is 31.7 Å². The highest BCUT2D eigenvalue weighted by Crippen LogP contribution is 2.32. The van der Waals surface area contributed by atoms with Gasteiger partial charge in [0.1, 0.15) is 18.2 Å². The molecule has 1 aliphatic rings. The van der Waals surface area contributed by atoms with Crippen LogP contribution in [0.5, 0.6) is 11.6 Å². The molecular weight excluding hydrogens is 538 g/mol. The van der Waals surface area contributed by atoms with Gasteiger partial charge < -0.3 is 9.84 Å². The number of aliphatic carboxylic acids is 1. The van der Waals surface area contributed by atoms with Gasteiger partial charge in [0.05, 0.1) is 15.6 Å². The van der Waals surface area contributed by atoms with Crippen molar-refractivity contribution in [1.29, 1.82) is 0 Å². The number of hydrogen-bond donors (Lipinski definition) is 2. The first kappa shape index (κ1) is 24.2. The lowest BCUT2D eigenvalue weighted by atomic mass is 9.93. The topological polar surface area (TPSA) is 123 Å². The Kier molecular flexibility index (Phi) is 6.96. The number of rotatable bonds is 8. The molecule has 1 aliphatic carbocycles. The van der Waals surface area contributed by atoms with E-state index in [4.69, 9.17) is 9.84 Å². The number of pyridine rings is 1. The lowest BCUT2D eigenvalue weighted by Gasteiger charge is -2.24. The molecule has 13 heteroatoms. The van der Waals surface area contributed by atoms with Crippen molar-refractivity contribution in [3.05, 3.63) is 64.0 Å². The third-order valence-corrected chi connectivity index (χ3v) is 7.37. The zero-order valence-corrected chi connectivity index (χ0v) is 19.9. The van der Waals surface area contributed by atoms with Crippen LogP contribution in [0.15, 0.2) is 46.0 Å². The first-order chi connectivity index (χ1) is 16.1. The summed E-state index contributed by atoms with van der Waals surface area (Å²) in [6.45, 7) is -0.254. The molecule has 0 radical (unpaired) electrons. The minimum Gasteiger partial charge on any atom is -0.480 e. The van der Waals surface area contributed by atoms with Gasteiger partial charge in [-0.05, 0) is 53.4 Å². The summed E-state index contributed by atoms with van der Waals surface area (Å²) in [6, 6.07) is 3.79. The highest BCUT2D eigenvalue weighted by atomic mass is 79.9. The molecule has 1 atom stereocenters. The second-order valence-corrected chi connectivity index (χ2v) is 10.5. The largest absolute Gasteiger partial charge is 0.480 e. The number of hydrogen-bond acceptors (Lipinski definition) is 7. The Labute approximate surface area is 201 Å². The Hall–Kier alpha value is -2.90. The summed E-state index contributed by atoms with van der Waals surface area (Å²) in [5.74, 6) is -3.42. The van der Waals surface area contributed by atoms with Gasteiger partial charge in [0.15, 0.2) is 21.4 Å². The van der Waals surface area contributed by atoms with Crippen molar-refractivity contribution in [2.24, 2.45) is 0 Å². The number of nitrogens with zero attached hydrogens (tertiary/aromatic N) is 3. The molecule has 0 saturated carbocycles. The van der Waals surface area contributed by atoms with Crippen LogP contribution in [0.25, 0.3) is 0 Å². The van der Waals surface area contributed by atoms with E-state index >= 15 is 0 Å². The van der Waals surface area contributed by atoms with E-state index in [9.17, 15) is 22.0 Å². The summed E-state index contributed by atoms with van der Waals surface area (Å²) in [5, 5.41) is 16.2. The zero-order chi connectivity index (χ0) is 24.5. The van der Waals surface area contributed by atoms with Crippen LogP contribution in [0.1, 0.15) is 30.1 Å². The maximum atomic E-state index is 13.8. The zero-order valence-electron chi connectivity index (χ0n) is 17.5. The summed E-state index contributed by atoms with van der Waals surface area (Å²) in [5.41, 5.74) is 1.56. The third kappa shape index (κ3) is 5.26. The van der Waals surface area contributed by atoms with Gasteiger partial charge in [-0.1, -0.05) is 0 Å². The van der Waals surface area contributed by atoms with Crippen molar-refractivity contribution in [3.63, 3.8) is 0 Å². The molecule has 0 aliphatic heterocycles. The van der Waals surface area contributed by atoms with Gasteiger partial charge in [0.2, 0.25) is 5.88 Å². The number of benzene rings is 1. The van der Waals surface area contributed by atoms with Gasteiger partial charge >= 0.3 is 5.97 Å². The molecular formula is C21H19BrF2N4O5S. The quantitative estimate of drug-likeness (QED) is 0.431. The number of carbonyl (C=O) groups is 1. The van der Waals surface area contributed by atoms with Gasteiger partial charge in [-0.3, -0.25) is 14.8 Å². The number of ether oxygens (including phenoxy) is 1. The normalized spacial score (nSPS) is 15.7. The molecule has 0 spiro atoms. The second kappa shape index (κ2) is 9.76. The van der Waals surface area contributed by atoms with Gasteiger partial charge in [-0.25, -0.2) is 22.2 Å². The van der Waals surface area contributed by atoms with Crippen LogP contribution in [0.3, 0.4) is 0 Å². The Morgan fingerprint density at radius 2 is 2.09 bits per heavy atom. The highest BCUT2D eigenvalue weighted by Gasteiger charge is 2.27. The minimum atomic E-state index is -3.80. The molecule has 2 N–H and O–H groups in total. The van der Waals surface area contributed by atoms with E-state index in [0.29, 0.717) is 18.9 Å². The predicted octanol–water partition coefficient (Wildman–Crippen LogP) is 3.59. The van der Waals surface area contributed by atoms with E-state index in [1.54, 1.807) is 6.20 Å². The van der Waals surface area contributed by atoms with Crippen LogP contribution in [0.4, 0.5) is 8.78 Å². The fourth-order valence-electron chi connectivity index (χ4n) is 3.70. The fourth-order valence-corrected chi connectivity index (χ4v) is 5.38. The average Bonchev–Trinajstić information content (AvgIpc) is 3.18. The maximum absolute atomic E-state index is 13.8. The van der Waals surface area contributed by atoms with E-state index < -0.39 is 27.4 Å². The standard InChI is InChI=1S/C21H19BrF2N4O5S/c22-15-7-13(8-25-21(15)33-19-5-4-12(23)6-16(19)24)34(31,32)11-26-17-2-1-3-18-14(17)9-27-28(18)10-20(29)30/h4-9,17,26H,1-3,10-11H2,(H,29,30)/t17-/m1/s1. The number of nitrogens with one attached hydrogen (secondary N) is 1. The number of carboxylic acid groups (broad SMARTS) is 1. The SMILES string of the molecule is O=C(O)Cn1ncc2c1CCC[C@H]2NCS(=O)(=O)c1cnc(Oc2ccc(F)cc2F)c(Br)c1. The smallest absolute Gasteiger partial charge is 0.325 e. The van der Waals surface area contributed by atoms with Crippen LogP contribution in [0.2, 0.25) is 0 Å². The lowest BCUT2D eigenvalue weighted by molar-refractivity contribution is -0.137. The van der Waals surface area contributed by atoms with Crippen LogP contribution >= 0.6 is 15.9 Å². The van der Waals surface area contributed by atoms with E-state index in [1.165, 1.54) is 10.7 Å². The molecule has 0 bridgehead atoms. The minimum absolute atomic E-state index is 0.0832. The van der Waals surface area contributed by atoms with Crippen molar-refractivity contribution in [1.82, 2.24) is 20.1 Å². The summed E-state index contributed by atoms with van der Waals surface area (Å²) in [6.07, 6.45) is 4.77. The highest BCUT2D eigenvalue weighted by molar-refractivity contribution is 9.10. The first-order valence-electron chi connectivity index (χ1n) is 10.1. The van der Waals surface area contributed by atoms with Crippen molar-refractivity contribution in [2.45, 2.75) is 36.7 Å². The lowest BCUT2D eigenvalue weighted by Crippen LogP contribution is -2.30. The van der Waals surface area contributed by atoms with Crippen LogP contribution < -0.4 is 10.1 Å². The van der Waals surface area contributed by atoms with Gasteiger partial charge in [-0.15, -0.1) is 0 Å². The molecule has 0 saturated heterocycles. The number of halogens is 3. The molecule has 9 nitrogen and oxygen atoms in total. The molecule has 3 aromatic rings. The summed E-state index contributed by atoms with van der Waals surface area (Å²) in [4.78, 5) is 14.9. The van der Waals surface area contributed by atoms with E-state index in [-0.39, 0.29) is 39.5 Å². The number of aromatic nitrogens is 3. The van der Waals surface area contributed by atoms with Crippen molar-refractivity contribution in [3.8, 4) is 11.6 Å². The molecule has 34 heavy (non-hydrogen) atoms. The second-order valence-electron chi connectivity index (χ2n) is 7.64. The summed E-state index contributed by atoms with van der Waals surface area (Å²) >= 11 is 3.18. The maximum Gasteiger partial charge on any atom is 0.325 e. The van der Waals surface area contributed by atoms with Crippen molar-refractivity contribution in [2.75, 3.05) is 5.88 Å². The number of fused-ring (bicyclic) bond motifs is 1. The molecule has 0 amide bonds. The van der Waals surface area contributed by atoms with Crippen molar-refractivity contribution < 1.29 is 31.8 Å². The predicted molar refractivity (Wildman–Crippen MR) is 119 cm³/mol.